The molecular formula is C17H17ClO3. The van der Waals surface area contributed by atoms with E-state index in [2.05, 4.69) is 0 Å². The molecule has 0 radical (unpaired) electrons. The van der Waals surface area contributed by atoms with Crippen molar-refractivity contribution in [1.82, 2.24) is 0 Å². The van der Waals surface area contributed by atoms with Gasteiger partial charge in [-0.15, -0.1) is 0 Å². The van der Waals surface area contributed by atoms with Gasteiger partial charge in [-0.2, -0.15) is 0 Å². The second-order valence-corrected chi connectivity index (χ2v) is 5.32. The van der Waals surface area contributed by atoms with Gasteiger partial charge in [-0.25, -0.2) is 0 Å². The van der Waals surface area contributed by atoms with Gasteiger partial charge in [0.25, 0.3) is 0 Å². The van der Waals surface area contributed by atoms with Crippen LogP contribution in [0.1, 0.15) is 11.1 Å². The molecule has 0 fully saturated rings. The molecule has 0 bridgehead atoms. The molecule has 0 aliphatic heterocycles. The van der Waals surface area contributed by atoms with E-state index in [0.29, 0.717) is 17.9 Å². The summed E-state index contributed by atoms with van der Waals surface area (Å²) in [6, 6.07) is 14.8. The van der Waals surface area contributed by atoms with Gasteiger partial charge in [0.1, 0.15) is 5.75 Å². The van der Waals surface area contributed by atoms with Gasteiger partial charge < -0.3 is 9.84 Å². The number of benzene rings is 2. The fourth-order valence-electron chi connectivity index (χ4n) is 2.33. The summed E-state index contributed by atoms with van der Waals surface area (Å²) in [6.07, 6.45) is 0.861. The van der Waals surface area contributed by atoms with E-state index in [1.54, 1.807) is 19.2 Å². The van der Waals surface area contributed by atoms with Crippen molar-refractivity contribution in [3.63, 3.8) is 0 Å². The lowest BCUT2D eigenvalue weighted by molar-refractivity contribution is -0.141. The number of para-hydroxylation sites is 1. The van der Waals surface area contributed by atoms with Crippen LogP contribution in [0, 0.1) is 5.92 Å². The zero-order chi connectivity index (χ0) is 15.2. The van der Waals surface area contributed by atoms with Crippen molar-refractivity contribution < 1.29 is 14.6 Å². The number of halogens is 1. The van der Waals surface area contributed by atoms with Gasteiger partial charge in [-0.1, -0.05) is 41.9 Å². The zero-order valence-corrected chi connectivity index (χ0v) is 12.5. The third-order valence-corrected chi connectivity index (χ3v) is 3.61. The quantitative estimate of drug-likeness (QED) is 0.882. The predicted molar refractivity (Wildman–Crippen MR) is 83.0 cm³/mol. The molecule has 0 saturated carbocycles. The minimum atomic E-state index is -0.819. The number of aliphatic carboxylic acids is 1. The Kier molecular flexibility index (Phi) is 5.23. The number of carbonyl (C=O) groups is 1. The van der Waals surface area contributed by atoms with E-state index in [1.807, 2.05) is 36.4 Å². The van der Waals surface area contributed by atoms with Crippen molar-refractivity contribution in [2.75, 3.05) is 7.11 Å². The molecule has 2 aromatic rings. The van der Waals surface area contributed by atoms with E-state index >= 15 is 0 Å². The summed E-state index contributed by atoms with van der Waals surface area (Å²) in [7, 11) is 1.59. The van der Waals surface area contributed by atoms with Crippen LogP contribution in [0.5, 0.6) is 5.75 Å². The highest BCUT2D eigenvalue weighted by molar-refractivity contribution is 6.30. The SMILES string of the molecule is COc1ccccc1CC(Cc1cccc(Cl)c1)C(=O)O. The minimum Gasteiger partial charge on any atom is -0.496 e. The highest BCUT2D eigenvalue weighted by Gasteiger charge is 2.20. The average molecular weight is 305 g/mol. The topological polar surface area (TPSA) is 46.5 Å². The Balaban J connectivity index is 2.18. The van der Waals surface area contributed by atoms with Crippen LogP contribution >= 0.6 is 11.6 Å². The number of rotatable bonds is 6. The van der Waals surface area contributed by atoms with Crippen LogP contribution in [-0.2, 0) is 17.6 Å². The Morgan fingerprint density at radius 2 is 1.95 bits per heavy atom. The summed E-state index contributed by atoms with van der Waals surface area (Å²) in [5, 5.41) is 10.1. The molecule has 110 valence electrons. The Morgan fingerprint density at radius 3 is 2.62 bits per heavy atom. The van der Waals surface area contributed by atoms with E-state index in [4.69, 9.17) is 16.3 Å². The first-order chi connectivity index (χ1) is 10.1. The van der Waals surface area contributed by atoms with Crippen LogP contribution in [-0.4, -0.2) is 18.2 Å². The Labute approximate surface area is 129 Å². The smallest absolute Gasteiger partial charge is 0.307 e. The van der Waals surface area contributed by atoms with Crippen molar-refractivity contribution in [3.8, 4) is 5.75 Å². The fraction of sp³-hybridized carbons (Fsp3) is 0.235. The molecule has 1 N–H and O–H groups in total. The Hall–Kier alpha value is -2.00. The molecule has 2 aromatic carbocycles. The second kappa shape index (κ2) is 7.14. The number of methoxy groups -OCH3 is 1. The third-order valence-electron chi connectivity index (χ3n) is 3.38. The van der Waals surface area contributed by atoms with E-state index in [9.17, 15) is 9.90 Å². The fourth-order valence-corrected chi connectivity index (χ4v) is 2.55. The normalized spacial score (nSPS) is 11.9. The van der Waals surface area contributed by atoms with Gasteiger partial charge >= 0.3 is 5.97 Å². The van der Waals surface area contributed by atoms with Crippen molar-refractivity contribution in [2.45, 2.75) is 12.8 Å². The number of hydrogen-bond donors (Lipinski definition) is 1. The molecule has 1 atom stereocenters. The van der Waals surface area contributed by atoms with Crippen LogP contribution < -0.4 is 4.74 Å². The molecule has 4 heteroatoms. The van der Waals surface area contributed by atoms with Crippen molar-refractivity contribution in [3.05, 3.63) is 64.7 Å². The monoisotopic (exact) mass is 304 g/mol. The lowest BCUT2D eigenvalue weighted by Gasteiger charge is -2.15. The molecular weight excluding hydrogens is 288 g/mol. The average Bonchev–Trinajstić information content (AvgIpc) is 2.47. The maximum absolute atomic E-state index is 11.5. The van der Waals surface area contributed by atoms with E-state index in [1.165, 1.54) is 0 Å². The van der Waals surface area contributed by atoms with Crippen LogP contribution in [0.15, 0.2) is 48.5 Å². The van der Waals surface area contributed by atoms with Gasteiger partial charge in [-0.05, 0) is 42.2 Å². The molecule has 0 aliphatic rings. The second-order valence-electron chi connectivity index (χ2n) is 4.89. The van der Waals surface area contributed by atoms with Crippen LogP contribution in [0.25, 0.3) is 0 Å². The predicted octanol–water partition coefficient (Wildman–Crippen LogP) is 3.83. The van der Waals surface area contributed by atoms with E-state index in [0.717, 1.165) is 16.9 Å². The van der Waals surface area contributed by atoms with Crippen LogP contribution in [0.4, 0.5) is 0 Å². The molecule has 3 nitrogen and oxygen atoms in total. The summed E-state index contributed by atoms with van der Waals surface area (Å²) in [6.45, 7) is 0. The maximum atomic E-state index is 11.5. The van der Waals surface area contributed by atoms with E-state index < -0.39 is 11.9 Å². The lowest BCUT2D eigenvalue weighted by Crippen LogP contribution is -2.19. The van der Waals surface area contributed by atoms with Gasteiger partial charge in [0.2, 0.25) is 0 Å². The third kappa shape index (κ3) is 4.23. The number of ether oxygens (including phenoxy) is 1. The van der Waals surface area contributed by atoms with Gasteiger partial charge in [0.05, 0.1) is 13.0 Å². The summed E-state index contributed by atoms with van der Waals surface area (Å²) >= 11 is 5.95. The summed E-state index contributed by atoms with van der Waals surface area (Å²) in [4.78, 5) is 11.5. The van der Waals surface area contributed by atoms with Crippen molar-refractivity contribution in [2.24, 2.45) is 5.92 Å². The number of carboxylic acids is 1. The molecule has 21 heavy (non-hydrogen) atoms. The first-order valence-corrected chi connectivity index (χ1v) is 7.07. The molecule has 0 saturated heterocycles. The van der Waals surface area contributed by atoms with Crippen LogP contribution in [0.2, 0.25) is 5.02 Å². The van der Waals surface area contributed by atoms with E-state index in [-0.39, 0.29) is 0 Å². The molecule has 0 spiro atoms. The van der Waals surface area contributed by atoms with Crippen molar-refractivity contribution >= 4 is 17.6 Å². The maximum Gasteiger partial charge on any atom is 0.307 e. The van der Waals surface area contributed by atoms with Gasteiger partial charge in [0.15, 0.2) is 0 Å². The molecule has 0 aliphatic carbocycles. The molecule has 0 aromatic heterocycles. The lowest BCUT2D eigenvalue weighted by atomic mass is 9.92. The van der Waals surface area contributed by atoms with Gasteiger partial charge in [-0.3, -0.25) is 4.79 Å². The standard InChI is InChI=1S/C17H17ClO3/c1-21-16-8-3-2-6-13(16)11-14(17(19)20)9-12-5-4-7-15(18)10-12/h2-8,10,14H,9,11H2,1H3,(H,19,20). The first-order valence-electron chi connectivity index (χ1n) is 6.69. The zero-order valence-electron chi connectivity index (χ0n) is 11.8. The largest absolute Gasteiger partial charge is 0.496 e. The minimum absolute atomic E-state index is 0.422. The van der Waals surface area contributed by atoms with Gasteiger partial charge in [0, 0.05) is 5.02 Å². The van der Waals surface area contributed by atoms with Crippen molar-refractivity contribution in [1.29, 1.82) is 0 Å². The number of carboxylic acid groups (broad SMARTS) is 1. The summed E-state index contributed by atoms with van der Waals surface area (Å²) in [5.74, 6) is -0.615. The molecule has 0 heterocycles. The Morgan fingerprint density at radius 1 is 1.19 bits per heavy atom. The number of hydrogen-bond acceptors (Lipinski definition) is 2. The highest BCUT2D eigenvalue weighted by Crippen LogP contribution is 2.23. The first kappa shape index (κ1) is 15.4. The molecule has 1 unspecified atom stereocenters. The molecule has 0 amide bonds. The van der Waals surface area contributed by atoms with Crippen LogP contribution in [0.3, 0.4) is 0 Å². The molecule has 2 rings (SSSR count). The Bertz CT molecular complexity index is 625. The summed E-state index contributed by atoms with van der Waals surface area (Å²) in [5.41, 5.74) is 1.82. The summed E-state index contributed by atoms with van der Waals surface area (Å²) < 4.78 is 5.28. The highest BCUT2D eigenvalue weighted by atomic mass is 35.5.